The minimum Gasteiger partial charge on any atom is -0.312 e. The van der Waals surface area contributed by atoms with Crippen LogP contribution in [0, 0.1) is 0 Å². The number of piperidine rings is 1. The molecule has 1 aliphatic rings. The Morgan fingerprint density at radius 3 is 2.50 bits per heavy atom. The van der Waals surface area contributed by atoms with E-state index in [1.807, 2.05) is 17.9 Å². The van der Waals surface area contributed by atoms with Crippen LogP contribution in [0.1, 0.15) is 38.3 Å². The molecule has 0 bridgehead atoms. The molecule has 1 aliphatic heterocycles. The molecular formula is C11H19N3. The summed E-state index contributed by atoms with van der Waals surface area (Å²) < 4.78 is 2.01. The van der Waals surface area contributed by atoms with Gasteiger partial charge >= 0.3 is 0 Å². The minimum absolute atomic E-state index is 0.624. The van der Waals surface area contributed by atoms with E-state index in [2.05, 4.69) is 30.3 Å². The largest absolute Gasteiger partial charge is 0.312 e. The molecule has 1 saturated heterocycles. The van der Waals surface area contributed by atoms with Gasteiger partial charge in [-0.25, -0.2) is 0 Å². The average Bonchev–Trinajstić information content (AvgIpc) is 2.49. The highest BCUT2D eigenvalue weighted by Gasteiger charge is 2.25. The third-order valence-corrected chi connectivity index (χ3v) is 3.12. The van der Waals surface area contributed by atoms with Crippen molar-refractivity contribution in [1.29, 1.82) is 0 Å². The van der Waals surface area contributed by atoms with Crippen LogP contribution in [0.25, 0.3) is 0 Å². The van der Waals surface area contributed by atoms with Crippen LogP contribution in [0.3, 0.4) is 0 Å². The molecule has 2 unspecified atom stereocenters. The van der Waals surface area contributed by atoms with Crippen LogP contribution in [-0.2, 0) is 7.05 Å². The van der Waals surface area contributed by atoms with Crippen molar-refractivity contribution in [2.24, 2.45) is 7.05 Å². The van der Waals surface area contributed by atoms with Crippen LogP contribution < -0.4 is 5.32 Å². The molecule has 0 spiro atoms. The van der Waals surface area contributed by atoms with E-state index in [0.717, 1.165) is 0 Å². The molecule has 1 fully saturated rings. The van der Waals surface area contributed by atoms with E-state index in [1.165, 1.54) is 18.5 Å². The highest BCUT2D eigenvalue weighted by atomic mass is 15.3. The first kappa shape index (κ1) is 9.71. The highest BCUT2D eigenvalue weighted by Crippen LogP contribution is 2.29. The van der Waals surface area contributed by atoms with E-state index in [1.54, 1.807) is 0 Å². The summed E-state index contributed by atoms with van der Waals surface area (Å²) in [5.74, 6) is 0.675. The second-order valence-electron chi connectivity index (χ2n) is 4.52. The number of hydrogen-bond acceptors (Lipinski definition) is 2. The van der Waals surface area contributed by atoms with E-state index >= 15 is 0 Å². The predicted octanol–water partition coefficient (Wildman–Crippen LogP) is 1.66. The average molecular weight is 193 g/mol. The van der Waals surface area contributed by atoms with Crippen molar-refractivity contribution in [3.63, 3.8) is 0 Å². The van der Waals surface area contributed by atoms with Gasteiger partial charge in [0.15, 0.2) is 0 Å². The lowest BCUT2D eigenvalue weighted by Gasteiger charge is -2.32. The zero-order valence-corrected chi connectivity index (χ0v) is 9.20. The van der Waals surface area contributed by atoms with Gasteiger partial charge in [0.2, 0.25) is 0 Å². The van der Waals surface area contributed by atoms with Crippen molar-refractivity contribution in [3.8, 4) is 0 Å². The Labute approximate surface area is 85.5 Å². The molecule has 3 nitrogen and oxygen atoms in total. The Morgan fingerprint density at radius 1 is 1.36 bits per heavy atom. The lowest BCUT2D eigenvalue weighted by Crippen LogP contribution is -2.41. The fraction of sp³-hybridized carbons (Fsp3) is 0.727. The van der Waals surface area contributed by atoms with E-state index < -0.39 is 0 Å². The summed E-state index contributed by atoms with van der Waals surface area (Å²) in [6.07, 6.45) is 4.35. The van der Waals surface area contributed by atoms with Gasteiger partial charge in [0.25, 0.3) is 0 Å². The molecule has 1 aromatic heterocycles. The molecule has 0 aromatic carbocycles. The van der Waals surface area contributed by atoms with Gasteiger partial charge in [0.1, 0.15) is 0 Å². The van der Waals surface area contributed by atoms with Gasteiger partial charge in [-0.15, -0.1) is 0 Å². The number of aromatic nitrogens is 2. The van der Waals surface area contributed by atoms with Gasteiger partial charge in [0.05, 0.1) is 0 Å². The normalized spacial score (nSPS) is 33.2. The lowest BCUT2D eigenvalue weighted by molar-refractivity contribution is 0.309. The fourth-order valence-electron chi connectivity index (χ4n) is 2.60. The summed E-state index contributed by atoms with van der Waals surface area (Å²) in [4.78, 5) is 0. The quantitative estimate of drug-likeness (QED) is 0.735. The molecule has 78 valence electrons. The van der Waals surface area contributed by atoms with Crippen LogP contribution in [0.15, 0.2) is 12.3 Å². The van der Waals surface area contributed by atoms with Crippen LogP contribution in [0.4, 0.5) is 0 Å². The lowest BCUT2D eigenvalue weighted by atomic mass is 9.87. The van der Waals surface area contributed by atoms with Gasteiger partial charge in [-0.3, -0.25) is 4.68 Å². The molecule has 0 aliphatic carbocycles. The van der Waals surface area contributed by atoms with Crippen molar-refractivity contribution in [2.75, 3.05) is 0 Å². The fourth-order valence-corrected chi connectivity index (χ4v) is 2.60. The number of nitrogens with zero attached hydrogens (tertiary/aromatic N) is 2. The molecule has 2 atom stereocenters. The summed E-state index contributed by atoms with van der Waals surface area (Å²) in [6.45, 7) is 4.53. The van der Waals surface area contributed by atoms with Gasteiger partial charge in [-0.2, -0.15) is 5.10 Å². The number of rotatable bonds is 1. The van der Waals surface area contributed by atoms with Crippen LogP contribution in [0.2, 0.25) is 0 Å². The summed E-state index contributed by atoms with van der Waals surface area (Å²) in [7, 11) is 2.03. The van der Waals surface area contributed by atoms with Gasteiger partial charge in [-0.05, 0) is 32.8 Å². The summed E-state index contributed by atoms with van der Waals surface area (Å²) in [5.41, 5.74) is 1.38. The van der Waals surface area contributed by atoms with Crippen molar-refractivity contribution in [2.45, 2.75) is 44.7 Å². The maximum Gasteiger partial charge on any atom is 0.0492 e. The predicted molar refractivity (Wildman–Crippen MR) is 57.2 cm³/mol. The summed E-state index contributed by atoms with van der Waals surface area (Å²) in [6, 6.07) is 3.40. The molecule has 2 heterocycles. The first-order valence-corrected chi connectivity index (χ1v) is 5.40. The second-order valence-corrected chi connectivity index (χ2v) is 4.52. The zero-order chi connectivity index (χ0) is 10.1. The number of hydrogen-bond donors (Lipinski definition) is 1. The van der Waals surface area contributed by atoms with Crippen molar-refractivity contribution < 1.29 is 0 Å². The monoisotopic (exact) mass is 193 g/mol. The summed E-state index contributed by atoms with van der Waals surface area (Å²) in [5, 5.41) is 7.80. The maximum atomic E-state index is 4.24. The Hall–Kier alpha value is -0.830. The molecule has 3 heteroatoms. The molecule has 0 radical (unpaired) electrons. The Morgan fingerprint density at radius 2 is 2.00 bits per heavy atom. The molecule has 1 N–H and O–H groups in total. The third kappa shape index (κ3) is 1.82. The summed E-state index contributed by atoms with van der Waals surface area (Å²) >= 11 is 0. The van der Waals surface area contributed by atoms with Crippen LogP contribution in [-0.4, -0.2) is 21.9 Å². The van der Waals surface area contributed by atoms with E-state index in [9.17, 15) is 0 Å². The Bertz CT molecular complexity index is 295. The van der Waals surface area contributed by atoms with E-state index in [-0.39, 0.29) is 0 Å². The first-order chi connectivity index (χ1) is 6.66. The smallest absolute Gasteiger partial charge is 0.0492 e. The first-order valence-electron chi connectivity index (χ1n) is 5.40. The van der Waals surface area contributed by atoms with Crippen LogP contribution >= 0.6 is 0 Å². The molecular weight excluding hydrogens is 174 g/mol. The maximum absolute atomic E-state index is 4.24. The number of nitrogens with one attached hydrogen (secondary N) is 1. The van der Waals surface area contributed by atoms with Gasteiger partial charge in [-0.1, -0.05) is 0 Å². The SMILES string of the molecule is CC1CC(c2ccnn2C)CC(C)N1. The number of aryl methyl sites for hydroxylation is 1. The topological polar surface area (TPSA) is 29.9 Å². The van der Waals surface area contributed by atoms with Crippen molar-refractivity contribution in [3.05, 3.63) is 18.0 Å². The Balaban J connectivity index is 2.15. The van der Waals surface area contributed by atoms with Crippen molar-refractivity contribution in [1.82, 2.24) is 15.1 Å². The molecule has 1 aromatic rings. The van der Waals surface area contributed by atoms with Crippen LogP contribution in [0.5, 0.6) is 0 Å². The molecule has 14 heavy (non-hydrogen) atoms. The Kier molecular flexibility index (Phi) is 2.59. The molecule has 0 amide bonds. The second kappa shape index (κ2) is 3.73. The highest BCUT2D eigenvalue weighted by molar-refractivity contribution is 5.10. The third-order valence-electron chi connectivity index (χ3n) is 3.12. The van der Waals surface area contributed by atoms with E-state index in [4.69, 9.17) is 0 Å². The standard InChI is InChI=1S/C11H19N3/c1-8-6-10(7-9(2)13-8)11-4-5-12-14(11)3/h4-5,8-10,13H,6-7H2,1-3H3. The molecule has 0 saturated carbocycles. The molecule has 2 rings (SSSR count). The van der Waals surface area contributed by atoms with Gasteiger partial charge < -0.3 is 5.32 Å². The van der Waals surface area contributed by atoms with Gasteiger partial charge in [0, 0.05) is 36.9 Å². The van der Waals surface area contributed by atoms with E-state index in [0.29, 0.717) is 18.0 Å². The minimum atomic E-state index is 0.624. The van der Waals surface area contributed by atoms with Crippen molar-refractivity contribution >= 4 is 0 Å². The zero-order valence-electron chi connectivity index (χ0n) is 9.20.